The molecular formula is C19H28N2O3. The lowest BCUT2D eigenvalue weighted by Gasteiger charge is -2.32. The molecule has 1 aliphatic rings. The van der Waals surface area contributed by atoms with Crippen molar-refractivity contribution in [1.82, 2.24) is 9.80 Å². The molecule has 5 heteroatoms. The Morgan fingerprint density at radius 1 is 1.17 bits per heavy atom. The maximum absolute atomic E-state index is 12.9. The van der Waals surface area contributed by atoms with Gasteiger partial charge in [0.05, 0.1) is 0 Å². The molecule has 0 spiro atoms. The molecule has 132 valence electrons. The van der Waals surface area contributed by atoms with Crippen LogP contribution in [0.25, 0.3) is 0 Å². The number of carbonyl (C=O) groups excluding carboxylic acids is 2. The first-order valence-electron chi connectivity index (χ1n) is 8.56. The Kier molecular flexibility index (Phi) is 5.86. The highest BCUT2D eigenvalue weighted by molar-refractivity contribution is 5.86. The average molecular weight is 332 g/mol. The van der Waals surface area contributed by atoms with Crippen LogP contribution in [0.2, 0.25) is 0 Å². The van der Waals surface area contributed by atoms with E-state index in [1.54, 1.807) is 7.05 Å². The SMILES string of the molecule is CN(C(=O)OC(C)(C)C)[C@@H](Cc1ccccc1)C(=O)N1CCCC1. The maximum Gasteiger partial charge on any atom is 0.410 e. The quantitative estimate of drug-likeness (QED) is 0.851. The predicted octanol–water partition coefficient (Wildman–Crippen LogP) is 3.09. The molecule has 0 N–H and O–H groups in total. The predicted molar refractivity (Wildman–Crippen MR) is 93.7 cm³/mol. The molecule has 2 amide bonds. The van der Waals surface area contributed by atoms with Crippen LogP contribution in [0.15, 0.2) is 30.3 Å². The van der Waals surface area contributed by atoms with Gasteiger partial charge >= 0.3 is 6.09 Å². The standard InChI is InChI=1S/C19H28N2O3/c1-19(2,3)24-18(23)20(4)16(14-15-10-6-5-7-11-15)17(22)21-12-8-9-13-21/h5-7,10-11,16H,8-9,12-14H2,1-4H3/t16-/m0/s1. The second kappa shape index (κ2) is 7.69. The maximum atomic E-state index is 12.9. The number of rotatable bonds is 4. The molecule has 1 fully saturated rings. The third kappa shape index (κ3) is 4.98. The summed E-state index contributed by atoms with van der Waals surface area (Å²) in [5.74, 6) is 0.00436. The monoisotopic (exact) mass is 332 g/mol. The van der Waals surface area contributed by atoms with Crippen molar-refractivity contribution in [1.29, 1.82) is 0 Å². The summed E-state index contributed by atoms with van der Waals surface area (Å²) in [5.41, 5.74) is 0.449. The van der Waals surface area contributed by atoms with Crippen LogP contribution in [0.3, 0.4) is 0 Å². The fourth-order valence-corrected chi connectivity index (χ4v) is 2.84. The van der Waals surface area contributed by atoms with E-state index >= 15 is 0 Å². The summed E-state index contributed by atoms with van der Waals surface area (Å²) in [6.45, 7) is 7.02. The number of hydrogen-bond acceptors (Lipinski definition) is 3. The van der Waals surface area contributed by atoms with Gasteiger partial charge in [-0.2, -0.15) is 0 Å². The van der Waals surface area contributed by atoms with Crippen LogP contribution in [0.4, 0.5) is 4.79 Å². The number of carbonyl (C=O) groups is 2. The van der Waals surface area contributed by atoms with E-state index in [1.165, 1.54) is 4.90 Å². The lowest BCUT2D eigenvalue weighted by molar-refractivity contribution is -0.135. The Morgan fingerprint density at radius 3 is 2.29 bits per heavy atom. The van der Waals surface area contributed by atoms with Crippen LogP contribution in [0.1, 0.15) is 39.2 Å². The molecule has 1 heterocycles. The van der Waals surface area contributed by atoms with Gasteiger partial charge in [0.25, 0.3) is 0 Å². The van der Waals surface area contributed by atoms with Crippen LogP contribution >= 0.6 is 0 Å². The Labute approximate surface area is 144 Å². The zero-order chi connectivity index (χ0) is 17.7. The van der Waals surface area contributed by atoms with Crippen LogP contribution < -0.4 is 0 Å². The summed E-state index contributed by atoms with van der Waals surface area (Å²) in [4.78, 5) is 28.7. The summed E-state index contributed by atoms with van der Waals surface area (Å²) in [6, 6.07) is 9.25. The van der Waals surface area contributed by atoms with Crippen molar-refractivity contribution in [2.75, 3.05) is 20.1 Å². The van der Waals surface area contributed by atoms with Gasteiger partial charge in [0.15, 0.2) is 0 Å². The summed E-state index contributed by atoms with van der Waals surface area (Å²) in [7, 11) is 1.65. The minimum Gasteiger partial charge on any atom is -0.444 e. The number of likely N-dealkylation sites (N-methyl/N-ethyl adjacent to an activating group) is 1. The van der Waals surface area contributed by atoms with Gasteiger partial charge in [0, 0.05) is 26.6 Å². The fraction of sp³-hybridized carbons (Fsp3) is 0.579. The summed E-state index contributed by atoms with van der Waals surface area (Å²) in [5, 5.41) is 0. The summed E-state index contributed by atoms with van der Waals surface area (Å²) in [6.07, 6.45) is 2.09. The molecular weight excluding hydrogens is 304 g/mol. The summed E-state index contributed by atoms with van der Waals surface area (Å²) < 4.78 is 5.45. The average Bonchev–Trinajstić information content (AvgIpc) is 3.05. The topological polar surface area (TPSA) is 49.9 Å². The zero-order valence-corrected chi connectivity index (χ0v) is 15.1. The first-order valence-corrected chi connectivity index (χ1v) is 8.56. The number of nitrogens with zero attached hydrogens (tertiary/aromatic N) is 2. The molecule has 0 saturated carbocycles. The van der Waals surface area contributed by atoms with E-state index in [0.717, 1.165) is 31.5 Å². The minimum absolute atomic E-state index is 0.00436. The highest BCUT2D eigenvalue weighted by Crippen LogP contribution is 2.18. The van der Waals surface area contributed by atoms with Gasteiger partial charge in [-0.15, -0.1) is 0 Å². The van der Waals surface area contributed by atoms with Gasteiger partial charge in [-0.05, 0) is 39.2 Å². The van der Waals surface area contributed by atoms with Crippen molar-refractivity contribution in [2.24, 2.45) is 0 Å². The van der Waals surface area contributed by atoms with Crippen molar-refractivity contribution < 1.29 is 14.3 Å². The fourth-order valence-electron chi connectivity index (χ4n) is 2.84. The van der Waals surface area contributed by atoms with Gasteiger partial charge in [-0.3, -0.25) is 9.69 Å². The van der Waals surface area contributed by atoms with Gasteiger partial charge in [0.2, 0.25) is 5.91 Å². The molecule has 5 nitrogen and oxygen atoms in total. The zero-order valence-electron chi connectivity index (χ0n) is 15.1. The van der Waals surface area contributed by atoms with E-state index in [1.807, 2.05) is 56.0 Å². The second-order valence-corrected chi connectivity index (χ2v) is 7.33. The normalized spacial score (nSPS) is 15.9. The molecule has 0 aromatic heterocycles. The van der Waals surface area contributed by atoms with Crippen LogP contribution in [-0.4, -0.2) is 53.6 Å². The number of likely N-dealkylation sites (tertiary alicyclic amines) is 1. The summed E-state index contributed by atoms with van der Waals surface area (Å²) >= 11 is 0. The Hall–Kier alpha value is -2.04. The lowest BCUT2D eigenvalue weighted by atomic mass is 10.0. The molecule has 24 heavy (non-hydrogen) atoms. The second-order valence-electron chi connectivity index (χ2n) is 7.33. The Morgan fingerprint density at radius 2 is 1.75 bits per heavy atom. The highest BCUT2D eigenvalue weighted by Gasteiger charge is 2.34. The van der Waals surface area contributed by atoms with Gasteiger partial charge < -0.3 is 9.64 Å². The number of amides is 2. The minimum atomic E-state index is -0.584. The molecule has 0 bridgehead atoms. The van der Waals surface area contributed by atoms with E-state index < -0.39 is 17.7 Å². The third-order valence-electron chi connectivity index (χ3n) is 4.12. The molecule has 1 aromatic rings. The van der Waals surface area contributed by atoms with Gasteiger partial charge in [-0.25, -0.2) is 4.79 Å². The van der Waals surface area contributed by atoms with Crippen LogP contribution in [0, 0.1) is 0 Å². The van der Waals surface area contributed by atoms with E-state index in [2.05, 4.69) is 0 Å². The lowest BCUT2D eigenvalue weighted by Crippen LogP contribution is -2.50. The molecule has 1 aromatic carbocycles. The largest absolute Gasteiger partial charge is 0.444 e. The molecule has 1 saturated heterocycles. The third-order valence-corrected chi connectivity index (χ3v) is 4.12. The number of hydrogen-bond donors (Lipinski definition) is 0. The molecule has 0 unspecified atom stereocenters. The highest BCUT2D eigenvalue weighted by atomic mass is 16.6. The van der Waals surface area contributed by atoms with Gasteiger partial charge in [0.1, 0.15) is 11.6 Å². The Bertz CT molecular complexity index is 560. The van der Waals surface area contributed by atoms with Crippen LogP contribution in [-0.2, 0) is 16.0 Å². The first-order chi connectivity index (χ1) is 11.3. The number of benzene rings is 1. The molecule has 2 rings (SSSR count). The molecule has 0 radical (unpaired) electrons. The number of ether oxygens (including phenoxy) is 1. The van der Waals surface area contributed by atoms with Crippen molar-refractivity contribution in [3.63, 3.8) is 0 Å². The van der Waals surface area contributed by atoms with E-state index in [0.29, 0.717) is 6.42 Å². The van der Waals surface area contributed by atoms with Gasteiger partial charge in [-0.1, -0.05) is 30.3 Å². The smallest absolute Gasteiger partial charge is 0.410 e. The Balaban J connectivity index is 2.17. The van der Waals surface area contributed by atoms with E-state index in [9.17, 15) is 9.59 Å². The van der Waals surface area contributed by atoms with E-state index in [-0.39, 0.29) is 5.91 Å². The molecule has 0 aliphatic carbocycles. The molecule has 1 atom stereocenters. The first kappa shape index (κ1) is 18.3. The van der Waals surface area contributed by atoms with Crippen molar-refractivity contribution in [3.8, 4) is 0 Å². The molecule has 1 aliphatic heterocycles. The van der Waals surface area contributed by atoms with Crippen molar-refractivity contribution in [2.45, 2.75) is 51.7 Å². The van der Waals surface area contributed by atoms with Crippen molar-refractivity contribution in [3.05, 3.63) is 35.9 Å². The van der Waals surface area contributed by atoms with Crippen molar-refractivity contribution >= 4 is 12.0 Å². The van der Waals surface area contributed by atoms with Crippen LogP contribution in [0.5, 0.6) is 0 Å². The van der Waals surface area contributed by atoms with E-state index in [4.69, 9.17) is 4.74 Å².